The van der Waals surface area contributed by atoms with Crippen LogP contribution in [0.4, 0.5) is 0 Å². The second-order valence-electron chi connectivity index (χ2n) is 13.0. The van der Waals surface area contributed by atoms with Gasteiger partial charge >= 0.3 is 0 Å². The first-order chi connectivity index (χ1) is 22.6. The second-order valence-corrected chi connectivity index (χ2v) is 13.0. The molecule has 3 amide bonds. The summed E-state index contributed by atoms with van der Waals surface area (Å²) in [6.07, 6.45) is 10.8. The number of rotatable bonds is 20. The summed E-state index contributed by atoms with van der Waals surface area (Å²) in [6, 6.07) is 7.83. The highest BCUT2D eigenvalue weighted by Gasteiger charge is 2.34. The highest BCUT2D eigenvalue weighted by molar-refractivity contribution is 5.91. The number of carbonyl (C=O) groups excluding carboxylic acids is 3. The van der Waals surface area contributed by atoms with Crippen LogP contribution in [0.2, 0.25) is 0 Å². The molecule has 0 heterocycles. The van der Waals surface area contributed by atoms with E-state index < -0.39 is 42.0 Å². The van der Waals surface area contributed by atoms with Gasteiger partial charge in [0.2, 0.25) is 17.7 Å². The number of nitrogens with one attached hydrogen (secondary N) is 2. The van der Waals surface area contributed by atoms with Gasteiger partial charge in [-0.3, -0.25) is 14.4 Å². The fourth-order valence-corrected chi connectivity index (χ4v) is 6.03. The molecule has 0 radical (unpaired) electrons. The van der Waals surface area contributed by atoms with E-state index in [2.05, 4.69) is 40.2 Å². The van der Waals surface area contributed by atoms with Gasteiger partial charge in [-0.1, -0.05) is 69.4 Å². The van der Waals surface area contributed by atoms with Crippen molar-refractivity contribution in [3.63, 3.8) is 0 Å². The van der Waals surface area contributed by atoms with Crippen molar-refractivity contribution in [1.29, 1.82) is 0 Å². The molecule has 4 N–H and O–H groups in total. The summed E-state index contributed by atoms with van der Waals surface area (Å²) in [4.78, 5) is 44.7. The highest BCUT2D eigenvalue weighted by Crippen LogP contribution is 2.29. The molecule has 1 aliphatic carbocycles. The molecule has 0 saturated heterocycles. The van der Waals surface area contributed by atoms with E-state index >= 15 is 0 Å². The molecule has 1 aromatic carbocycles. The zero-order chi connectivity index (χ0) is 34.6. The predicted molar refractivity (Wildman–Crippen MR) is 187 cm³/mol. The molecule has 1 aromatic rings. The van der Waals surface area contributed by atoms with Gasteiger partial charge < -0.3 is 30.6 Å². The van der Waals surface area contributed by atoms with Gasteiger partial charge in [-0.05, 0) is 57.7 Å². The number of likely N-dealkylation sites (N-methyl/N-ethyl adjacent to an activating group) is 2. The Morgan fingerprint density at radius 3 is 2.36 bits per heavy atom. The van der Waals surface area contributed by atoms with Crippen molar-refractivity contribution < 1.29 is 24.6 Å². The minimum absolute atomic E-state index is 0.00622. The highest BCUT2D eigenvalue weighted by atomic mass is 16.3. The number of aliphatic hydroxyl groups excluding tert-OH is 2. The predicted octanol–water partition coefficient (Wildman–Crippen LogP) is 3.52. The molecule has 0 bridgehead atoms. The van der Waals surface area contributed by atoms with Crippen LogP contribution in [0.3, 0.4) is 0 Å². The monoisotopic (exact) mass is 650 g/mol. The van der Waals surface area contributed by atoms with Crippen molar-refractivity contribution in [2.24, 2.45) is 11.8 Å². The van der Waals surface area contributed by atoms with E-state index in [-0.39, 0.29) is 18.7 Å². The van der Waals surface area contributed by atoms with Crippen LogP contribution in [0.5, 0.6) is 0 Å². The number of unbranched alkanes of at least 4 members (excludes halogenated alkanes) is 1. The average molecular weight is 651 g/mol. The van der Waals surface area contributed by atoms with E-state index in [1.165, 1.54) is 6.42 Å². The Morgan fingerprint density at radius 2 is 1.72 bits per heavy atom. The quantitative estimate of drug-likeness (QED) is 0.127. The van der Waals surface area contributed by atoms with Crippen LogP contribution >= 0.6 is 0 Å². The summed E-state index contributed by atoms with van der Waals surface area (Å²) in [5.74, 6) is 6.88. The fourth-order valence-electron chi connectivity index (χ4n) is 6.03. The lowest BCUT2D eigenvalue weighted by Crippen LogP contribution is -2.56. The Balaban J connectivity index is 2.24. The standard InChI is InChI=1S/C38H58N4O5/c1-6-9-13-23-34(43)36(45)33(27-30-20-16-12-17-21-30)40-38(47)32(22-10-7-2)39-37(46)31(26-29-18-14-11-15-19-29)28-35(44)42(5)25-24-41(4)8-3/h1,11,14-15,18-19,30-34,36,43,45H,8-9,12-13,16-17,20-28H2,2-5H3,(H,39,46)(H,40,47)/t31-,32+,33+,34+,36-/m1/s1. The summed E-state index contributed by atoms with van der Waals surface area (Å²) in [5.41, 5.74) is 0.915. The lowest BCUT2D eigenvalue weighted by molar-refractivity contribution is -0.137. The SMILES string of the molecule is C#CCCC[C@H](O)[C@H](O)[C@H](CC1CCCCC1)NC(=O)[C@H](CC#CC)NC(=O)[C@@H](CC(=O)N(C)CCN(C)CC)Cc1ccccc1. The molecule has 5 atom stereocenters. The van der Waals surface area contributed by atoms with Crippen LogP contribution in [0.25, 0.3) is 0 Å². The zero-order valence-corrected chi connectivity index (χ0v) is 29.0. The fraction of sp³-hybridized carbons (Fsp3) is 0.658. The van der Waals surface area contributed by atoms with Gasteiger partial charge in [0.15, 0.2) is 0 Å². The van der Waals surface area contributed by atoms with Crippen LogP contribution < -0.4 is 10.6 Å². The number of carbonyl (C=O) groups is 3. The molecule has 0 spiro atoms. The van der Waals surface area contributed by atoms with E-state index in [4.69, 9.17) is 6.42 Å². The van der Waals surface area contributed by atoms with E-state index in [0.717, 1.165) is 44.3 Å². The molecule has 1 saturated carbocycles. The van der Waals surface area contributed by atoms with Gasteiger partial charge in [0, 0.05) is 39.4 Å². The van der Waals surface area contributed by atoms with Gasteiger partial charge in [-0.25, -0.2) is 0 Å². The first kappa shape index (κ1) is 39.8. The van der Waals surface area contributed by atoms with Crippen molar-refractivity contribution in [3.05, 3.63) is 35.9 Å². The molecule has 1 aliphatic rings. The maximum absolute atomic E-state index is 13.9. The minimum atomic E-state index is -1.18. The van der Waals surface area contributed by atoms with Crippen molar-refractivity contribution in [2.75, 3.05) is 33.7 Å². The smallest absolute Gasteiger partial charge is 0.243 e. The average Bonchev–Trinajstić information content (AvgIpc) is 3.08. The summed E-state index contributed by atoms with van der Waals surface area (Å²) < 4.78 is 0. The Bertz CT molecular complexity index is 1180. The maximum atomic E-state index is 13.9. The van der Waals surface area contributed by atoms with E-state index in [0.29, 0.717) is 44.6 Å². The van der Waals surface area contributed by atoms with Crippen molar-refractivity contribution >= 4 is 17.7 Å². The normalized spacial score (nSPS) is 16.5. The number of amides is 3. The molecule has 0 aromatic heterocycles. The van der Waals surface area contributed by atoms with Crippen LogP contribution in [-0.4, -0.2) is 95.8 Å². The number of nitrogens with zero attached hydrogens (tertiary/aromatic N) is 2. The molecule has 0 aliphatic heterocycles. The number of benzene rings is 1. The van der Waals surface area contributed by atoms with Crippen LogP contribution in [0, 0.1) is 36.0 Å². The third-order valence-electron chi connectivity index (χ3n) is 9.28. The van der Waals surface area contributed by atoms with Crippen LogP contribution in [0.1, 0.15) is 90.0 Å². The van der Waals surface area contributed by atoms with Crippen molar-refractivity contribution in [3.8, 4) is 24.2 Å². The Kier molecular flexibility index (Phi) is 18.8. The number of aliphatic hydroxyl groups is 2. The first-order valence-electron chi connectivity index (χ1n) is 17.4. The largest absolute Gasteiger partial charge is 0.390 e. The molecule has 47 heavy (non-hydrogen) atoms. The summed E-state index contributed by atoms with van der Waals surface area (Å²) in [5, 5.41) is 27.9. The summed E-state index contributed by atoms with van der Waals surface area (Å²) >= 11 is 0. The first-order valence-corrected chi connectivity index (χ1v) is 17.4. The van der Waals surface area contributed by atoms with Gasteiger partial charge in [-0.2, -0.15) is 0 Å². The maximum Gasteiger partial charge on any atom is 0.243 e. The lowest BCUT2D eigenvalue weighted by atomic mass is 9.82. The van der Waals surface area contributed by atoms with Crippen LogP contribution in [0.15, 0.2) is 30.3 Å². The molecule has 0 unspecified atom stereocenters. The van der Waals surface area contributed by atoms with Crippen molar-refractivity contribution in [1.82, 2.24) is 20.4 Å². The molecule has 9 nitrogen and oxygen atoms in total. The zero-order valence-electron chi connectivity index (χ0n) is 29.0. The van der Waals surface area contributed by atoms with Crippen molar-refractivity contribution in [2.45, 2.75) is 115 Å². The third-order valence-corrected chi connectivity index (χ3v) is 9.28. The minimum Gasteiger partial charge on any atom is -0.390 e. The molecular formula is C38H58N4O5. The Labute approximate surface area is 283 Å². The molecule has 260 valence electrons. The third kappa shape index (κ3) is 14.9. The molecule has 1 fully saturated rings. The van der Waals surface area contributed by atoms with Gasteiger partial charge in [0.25, 0.3) is 0 Å². The van der Waals surface area contributed by atoms with Crippen LogP contribution in [-0.2, 0) is 20.8 Å². The topological polar surface area (TPSA) is 122 Å². The molecular weight excluding hydrogens is 592 g/mol. The van der Waals surface area contributed by atoms with E-state index in [1.807, 2.05) is 37.4 Å². The Hall–Kier alpha value is -3.37. The van der Waals surface area contributed by atoms with Gasteiger partial charge in [-0.15, -0.1) is 24.2 Å². The Morgan fingerprint density at radius 1 is 1.02 bits per heavy atom. The van der Waals surface area contributed by atoms with E-state index in [9.17, 15) is 24.6 Å². The molecule has 9 heteroatoms. The summed E-state index contributed by atoms with van der Waals surface area (Å²) in [7, 11) is 3.74. The van der Waals surface area contributed by atoms with Gasteiger partial charge in [0.1, 0.15) is 6.04 Å². The number of terminal acetylenes is 1. The summed E-state index contributed by atoms with van der Waals surface area (Å²) in [6.45, 7) is 5.85. The second kappa shape index (κ2) is 22.2. The van der Waals surface area contributed by atoms with E-state index in [1.54, 1.807) is 18.9 Å². The van der Waals surface area contributed by atoms with Gasteiger partial charge in [0.05, 0.1) is 24.2 Å². The molecule has 2 rings (SSSR count). The lowest BCUT2D eigenvalue weighted by Gasteiger charge is -2.33. The number of hydrogen-bond donors (Lipinski definition) is 4. The number of hydrogen-bond acceptors (Lipinski definition) is 6.